The van der Waals surface area contributed by atoms with E-state index in [4.69, 9.17) is 0 Å². The lowest BCUT2D eigenvalue weighted by molar-refractivity contribution is 0.146. The summed E-state index contributed by atoms with van der Waals surface area (Å²) >= 11 is 0. The second-order valence-electron chi connectivity index (χ2n) is 7.16. The molecular formula is C18H30. The van der Waals surface area contributed by atoms with Crippen molar-refractivity contribution in [2.45, 2.75) is 77.0 Å². The van der Waals surface area contributed by atoms with Gasteiger partial charge in [-0.15, -0.1) is 0 Å². The highest BCUT2D eigenvalue weighted by atomic mass is 14.4. The SMILES string of the molecule is C(=C\C1CCC2CCCCC2C1)/C1CCCCC1. The molecule has 0 aromatic carbocycles. The molecule has 3 fully saturated rings. The topological polar surface area (TPSA) is 0 Å². The van der Waals surface area contributed by atoms with E-state index in [0.29, 0.717) is 0 Å². The van der Waals surface area contributed by atoms with E-state index in [2.05, 4.69) is 12.2 Å². The third-order valence-corrected chi connectivity index (χ3v) is 5.89. The van der Waals surface area contributed by atoms with Gasteiger partial charge in [-0.05, 0) is 55.8 Å². The van der Waals surface area contributed by atoms with Crippen LogP contribution < -0.4 is 0 Å². The van der Waals surface area contributed by atoms with Gasteiger partial charge in [-0.25, -0.2) is 0 Å². The van der Waals surface area contributed by atoms with E-state index in [1.165, 1.54) is 64.2 Å². The fraction of sp³-hybridized carbons (Fsp3) is 0.889. The second kappa shape index (κ2) is 6.26. The van der Waals surface area contributed by atoms with Crippen LogP contribution in [0.2, 0.25) is 0 Å². The predicted octanol–water partition coefficient (Wildman–Crippen LogP) is 5.73. The Balaban J connectivity index is 1.49. The van der Waals surface area contributed by atoms with E-state index in [9.17, 15) is 0 Å². The van der Waals surface area contributed by atoms with E-state index in [-0.39, 0.29) is 0 Å². The lowest BCUT2D eigenvalue weighted by Crippen LogP contribution is -2.27. The molecule has 0 aromatic rings. The van der Waals surface area contributed by atoms with Crippen LogP contribution in [0.5, 0.6) is 0 Å². The van der Waals surface area contributed by atoms with Crippen LogP contribution in [0.3, 0.4) is 0 Å². The van der Waals surface area contributed by atoms with Crippen molar-refractivity contribution in [3.63, 3.8) is 0 Å². The molecule has 0 spiro atoms. The molecule has 18 heavy (non-hydrogen) atoms. The smallest absolute Gasteiger partial charge is 0.0231 e. The minimum absolute atomic E-state index is 0.933. The van der Waals surface area contributed by atoms with E-state index in [0.717, 1.165) is 23.7 Å². The molecule has 0 saturated heterocycles. The molecule has 3 unspecified atom stereocenters. The average Bonchev–Trinajstić information content (AvgIpc) is 2.46. The molecule has 0 heteroatoms. The van der Waals surface area contributed by atoms with E-state index in [1.54, 1.807) is 12.8 Å². The van der Waals surface area contributed by atoms with Crippen molar-refractivity contribution in [3.8, 4) is 0 Å². The zero-order valence-corrected chi connectivity index (χ0v) is 11.9. The highest BCUT2D eigenvalue weighted by Gasteiger charge is 2.31. The minimum Gasteiger partial charge on any atom is -0.0851 e. The Morgan fingerprint density at radius 3 is 2.00 bits per heavy atom. The van der Waals surface area contributed by atoms with Crippen LogP contribution in [0.15, 0.2) is 12.2 Å². The predicted molar refractivity (Wildman–Crippen MR) is 78.5 cm³/mol. The van der Waals surface area contributed by atoms with Crippen molar-refractivity contribution in [1.82, 2.24) is 0 Å². The molecule has 3 aliphatic carbocycles. The summed E-state index contributed by atoms with van der Waals surface area (Å²) in [6, 6.07) is 0. The van der Waals surface area contributed by atoms with Crippen LogP contribution in [0.4, 0.5) is 0 Å². The van der Waals surface area contributed by atoms with Gasteiger partial charge in [-0.1, -0.05) is 57.1 Å². The summed E-state index contributed by atoms with van der Waals surface area (Å²) in [6.45, 7) is 0. The highest BCUT2D eigenvalue weighted by Crippen LogP contribution is 2.43. The molecule has 3 atom stereocenters. The van der Waals surface area contributed by atoms with Crippen molar-refractivity contribution in [2.75, 3.05) is 0 Å². The van der Waals surface area contributed by atoms with Gasteiger partial charge in [0.2, 0.25) is 0 Å². The molecule has 0 heterocycles. The standard InChI is InChI=1S/C18H30/c1-2-6-15(7-3-1)10-11-16-12-13-17-8-4-5-9-18(17)14-16/h10-11,15-18H,1-9,12-14H2/b11-10+. The van der Waals surface area contributed by atoms with E-state index in [1.807, 2.05) is 0 Å². The Kier molecular flexibility index (Phi) is 4.44. The highest BCUT2D eigenvalue weighted by molar-refractivity contribution is 4.97. The number of rotatable bonds is 2. The quantitative estimate of drug-likeness (QED) is 0.546. The van der Waals surface area contributed by atoms with Gasteiger partial charge < -0.3 is 0 Å². The summed E-state index contributed by atoms with van der Waals surface area (Å²) in [5.74, 6) is 4.07. The molecule has 0 nitrogen and oxygen atoms in total. The van der Waals surface area contributed by atoms with Crippen LogP contribution >= 0.6 is 0 Å². The van der Waals surface area contributed by atoms with Gasteiger partial charge >= 0.3 is 0 Å². The molecular weight excluding hydrogens is 216 g/mol. The maximum absolute atomic E-state index is 2.63. The Morgan fingerprint density at radius 1 is 0.500 bits per heavy atom. The van der Waals surface area contributed by atoms with Crippen LogP contribution in [0, 0.1) is 23.7 Å². The minimum atomic E-state index is 0.933. The average molecular weight is 246 g/mol. The van der Waals surface area contributed by atoms with Gasteiger partial charge in [0.15, 0.2) is 0 Å². The van der Waals surface area contributed by atoms with Crippen molar-refractivity contribution >= 4 is 0 Å². The molecule has 0 radical (unpaired) electrons. The summed E-state index contributed by atoms with van der Waals surface area (Å²) < 4.78 is 0. The molecule has 102 valence electrons. The summed E-state index contributed by atoms with van der Waals surface area (Å²) in [7, 11) is 0. The van der Waals surface area contributed by atoms with Crippen LogP contribution in [-0.4, -0.2) is 0 Å². The zero-order valence-electron chi connectivity index (χ0n) is 11.9. The first-order valence-electron chi connectivity index (χ1n) is 8.60. The molecule has 3 aliphatic rings. The van der Waals surface area contributed by atoms with Gasteiger partial charge in [0.25, 0.3) is 0 Å². The van der Waals surface area contributed by atoms with Crippen molar-refractivity contribution in [1.29, 1.82) is 0 Å². The Bertz CT molecular complexity index is 272. The summed E-state index contributed by atoms with van der Waals surface area (Å²) in [4.78, 5) is 0. The molecule has 0 bridgehead atoms. The largest absolute Gasteiger partial charge is 0.0851 e. The molecule has 0 aromatic heterocycles. The third kappa shape index (κ3) is 3.19. The molecule has 3 rings (SSSR count). The number of allylic oxidation sites excluding steroid dienone is 2. The number of hydrogen-bond acceptors (Lipinski definition) is 0. The van der Waals surface area contributed by atoms with Gasteiger partial charge in [0.1, 0.15) is 0 Å². The molecule has 0 amide bonds. The third-order valence-electron chi connectivity index (χ3n) is 5.89. The molecule has 3 saturated carbocycles. The fourth-order valence-electron chi connectivity index (χ4n) is 4.73. The maximum Gasteiger partial charge on any atom is -0.0231 e. The normalized spacial score (nSPS) is 38.8. The van der Waals surface area contributed by atoms with Crippen LogP contribution in [-0.2, 0) is 0 Å². The monoisotopic (exact) mass is 246 g/mol. The van der Waals surface area contributed by atoms with Gasteiger partial charge in [-0.3, -0.25) is 0 Å². The molecule has 0 aliphatic heterocycles. The van der Waals surface area contributed by atoms with Gasteiger partial charge in [0, 0.05) is 0 Å². The van der Waals surface area contributed by atoms with E-state index >= 15 is 0 Å². The van der Waals surface area contributed by atoms with Crippen molar-refractivity contribution in [2.24, 2.45) is 23.7 Å². The number of fused-ring (bicyclic) bond motifs is 1. The van der Waals surface area contributed by atoms with Crippen molar-refractivity contribution in [3.05, 3.63) is 12.2 Å². The summed E-state index contributed by atoms with van der Waals surface area (Å²) in [6.07, 6.45) is 23.3. The maximum atomic E-state index is 2.63. The first-order valence-corrected chi connectivity index (χ1v) is 8.60. The Labute approximate surface area is 113 Å². The first kappa shape index (κ1) is 12.8. The summed E-state index contributed by atoms with van der Waals surface area (Å²) in [5, 5.41) is 0. The van der Waals surface area contributed by atoms with Gasteiger partial charge in [0.05, 0.1) is 0 Å². The lowest BCUT2D eigenvalue weighted by atomic mass is 9.67. The zero-order chi connectivity index (χ0) is 12.2. The molecule has 0 N–H and O–H groups in total. The fourth-order valence-corrected chi connectivity index (χ4v) is 4.73. The Morgan fingerprint density at radius 2 is 1.17 bits per heavy atom. The van der Waals surface area contributed by atoms with E-state index < -0.39 is 0 Å². The first-order chi connectivity index (χ1) is 8.92. The van der Waals surface area contributed by atoms with Gasteiger partial charge in [-0.2, -0.15) is 0 Å². The van der Waals surface area contributed by atoms with Crippen molar-refractivity contribution < 1.29 is 0 Å². The van der Waals surface area contributed by atoms with Crippen LogP contribution in [0.1, 0.15) is 77.0 Å². The number of hydrogen-bond donors (Lipinski definition) is 0. The lowest BCUT2D eigenvalue weighted by Gasteiger charge is -2.38. The summed E-state index contributed by atoms with van der Waals surface area (Å²) in [5.41, 5.74) is 0. The van der Waals surface area contributed by atoms with Crippen LogP contribution in [0.25, 0.3) is 0 Å². The Hall–Kier alpha value is -0.260. The second-order valence-corrected chi connectivity index (χ2v) is 7.16.